The fraction of sp³-hybridized carbons (Fsp3) is 0.571. The fourth-order valence-electron chi connectivity index (χ4n) is 2.76. The fourth-order valence-corrected chi connectivity index (χ4v) is 2.76. The van der Waals surface area contributed by atoms with Gasteiger partial charge in [0.05, 0.1) is 13.2 Å². The Kier molecular flexibility index (Phi) is 3.31. The molecule has 1 saturated heterocycles. The summed E-state index contributed by atoms with van der Waals surface area (Å²) in [6, 6.07) is 8.45. The lowest BCUT2D eigenvalue weighted by Crippen LogP contribution is -2.53. The zero-order chi connectivity index (χ0) is 11.6. The van der Waals surface area contributed by atoms with Crippen molar-refractivity contribution in [1.29, 1.82) is 0 Å². The van der Waals surface area contributed by atoms with Crippen LogP contribution in [0.4, 0.5) is 0 Å². The number of benzene rings is 1. The highest BCUT2D eigenvalue weighted by Gasteiger charge is 2.46. The molecule has 0 aromatic heterocycles. The Balaban J connectivity index is 2.38. The summed E-state index contributed by atoms with van der Waals surface area (Å²) >= 11 is 0. The summed E-state index contributed by atoms with van der Waals surface area (Å²) in [5, 5.41) is 9.52. The second kappa shape index (κ2) is 4.56. The molecule has 1 aromatic rings. The van der Waals surface area contributed by atoms with Crippen LogP contribution in [0.3, 0.4) is 0 Å². The van der Waals surface area contributed by atoms with Gasteiger partial charge in [0.1, 0.15) is 0 Å². The van der Waals surface area contributed by atoms with E-state index >= 15 is 0 Å². The molecule has 1 unspecified atom stereocenters. The van der Waals surface area contributed by atoms with Gasteiger partial charge in [0.25, 0.3) is 0 Å². The lowest BCUT2D eigenvalue weighted by Gasteiger charge is -2.47. The van der Waals surface area contributed by atoms with Gasteiger partial charge in [0.2, 0.25) is 0 Å². The summed E-state index contributed by atoms with van der Waals surface area (Å²) < 4.78 is 5.42. The smallest absolute Gasteiger partial charge is 0.0589 e. The average Bonchev–Trinajstić information content (AvgIpc) is 2.25. The highest BCUT2D eigenvalue weighted by molar-refractivity contribution is 5.36. The van der Waals surface area contributed by atoms with E-state index in [0.717, 1.165) is 19.6 Å². The van der Waals surface area contributed by atoms with E-state index in [1.165, 1.54) is 11.1 Å². The van der Waals surface area contributed by atoms with Crippen LogP contribution in [0.1, 0.15) is 24.5 Å². The second-order valence-corrected chi connectivity index (χ2v) is 4.75. The largest absolute Gasteiger partial charge is 0.396 e. The molecule has 0 bridgehead atoms. The maximum absolute atomic E-state index is 9.52. The molecule has 16 heavy (non-hydrogen) atoms. The van der Waals surface area contributed by atoms with Crippen molar-refractivity contribution in [2.24, 2.45) is 5.92 Å². The normalized spacial score (nSPS) is 20.2. The van der Waals surface area contributed by atoms with Gasteiger partial charge in [0, 0.05) is 12.0 Å². The van der Waals surface area contributed by atoms with Crippen LogP contribution in [0.15, 0.2) is 24.3 Å². The van der Waals surface area contributed by atoms with E-state index in [4.69, 9.17) is 4.74 Å². The maximum atomic E-state index is 9.52. The Morgan fingerprint density at radius 1 is 1.38 bits per heavy atom. The van der Waals surface area contributed by atoms with E-state index < -0.39 is 0 Å². The Morgan fingerprint density at radius 3 is 2.50 bits per heavy atom. The van der Waals surface area contributed by atoms with Crippen molar-refractivity contribution in [3.8, 4) is 0 Å². The van der Waals surface area contributed by atoms with Crippen molar-refractivity contribution in [3.05, 3.63) is 35.4 Å². The first-order valence-electron chi connectivity index (χ1n) is 5.99. The number of aliphatic hydroxyl groups excluding tert-OH is 1. The molecule has 1 heterocycles. The van der Waals surface area contributed by atoms with Gasteiger partial charge in [-0.25, -0.2) is 0 Å². The third-order valence-corrected chi connectivity index (χ3v) is 3.90. The highest BCUT2D eigenvalue weighted by Crippen LogP contribution is 2.42. The van der Waals surface area contributed by atoms with Crippen LogP contribution in [0, 0.1) is 12.8 Å². The van der Waals surface area contributed by atoms with Gasteiger partial charge < -0.3 is 9.84 Å². The van der Waals surface area contributed by atoms with E-state index in [1.807, 2.05) is 0 Å². The minimum absolute atomic E-state index is 0.0504. The Morgan fingerprint density at radius 2 is 2.06 bits per heavy atom. The van der Waals surface area contributed by atoms with Gasteiger partial charge in [-0.05, 0) is 24.0 Å². The van der Waals surface area contributed by atoms with Gasteiger partial charge in [-0.3, -0.25) is 0 Å². The molecular formula is C14H20O2. The summed E-state index contributed by atoms with van der Waals surface area (Å²) in [6.45, 7) is 6.01. The number of aliphatic hydroxyl groups is 1. The zero-order valence-corrected chi connectivity index (χ0v) is 10.1. The van der Waals surface area contributed by atoms with Crippen molar-refractivity contribution in [2.75, 3.05) is 19.8 Å². The van der Waals surface area contributed by atoms with Crippen LogP contribution < -0.4 is 0 Å². The van der Waals surface area contributed by atoms with Crippen molar-refractivity contribution in [2.45, 2.75) is 25.7 Å². The SMILES string of the molecule is CCC(CO)C1(c2ccccc2C)COC1. The molecule has 1 aliphatic rings. The van der Waals surface area contributed by atoms with Gasteiger partial charge in [-0.1, -0.05) is 37.6 Å². The van der Waals surface area contributed by atoms with Crippen LogP contribution in [0.25, 0.3) is 0 Å². The molecule has 0 saturated carbocycles. The van der Waals surface area contributed by atoms with E-state index in [9.17, 15) is 5.11 Å². The maximum Gasteiger partial charge on any atom is 0.0589 e. The molecule has 0 radical (unpaired) electrons. The van der Waals surface area contributed by atoms with Gasteiger partial charge >= 0.3 is 0 Å². The molecule has 88 valence electrons. The van der Waals surface area contributed by atoms with E-state index in [-0.39, 0.29) is 12.0 Å². The standard InChI is InChI=1S/C14H20O2/c1-3-12(8-15)14(9-16-10-14)13-7-5-4-6-11(13)2/h4-7,12,15H,3,8-10H2,1-2H3. The van der Waals surface area contributed by atoms with Crippen molar-refractivity contribution >= 4 is 0 Å². The molecule has 1 aliphatic heterocycles. The molecule has 2 nitrogen and oxygen atoms in total. The third kappa shape index (κ3) is 1.66. The molecule has 1 atom stereocenters. The highest BCUT2D eigenvalue weighted by atomic mass is 16.5. The molecule has 1 fully saturated rings. The van der Waals surface area contributed by atoms with Gasteiger partial charge in [0.15, 0.2) is 0 Å². The molecule has 1 aromatic carbocycles. The summed E-state index contributed by atoms with van der Waals surface area (Å²) in [4.78, 5) is 0. The summed E-state index contributed by atoms with van der Waals surface area (Å²) in [7, 11) is 0. The van der Waals surface area contributed by atoms with Crippen LogP contribution >= 0.6 is 0 Å². The van der Waals surface area contributed by atoms with Gasteiger partial charge in [-0.2, -0.15) is 0 Å². The summed E-state index contributed by atoms with van der Waals surface area (Å²) in [5.74, 6) is 0.308. The monoisotopic (exact) mass is 220 g/mol. The quantitative estimate of drug-likeness (QED) is 0.843. The molecule has 0 amide bonds. The molecule has 2 rings (SSSR count). The van der Waals surface area contributed by atoms with Crippen LogP contribution in [-0.4, -0.2) is 24.9 Å². The minimum Gasteiger partial charge on any atom is -0.396 e. The Labute approximate surface area is 97.3 Å². The minimum atomic E-state index is 0.0504. The summed E-state index contributed by atoms with van der Waals surface area (Å²) in [6.07, 6.45) is 0.994. The third-order valence-electron chi connectivity index (χ3n) is 3.90. The molecule has 0 spiro atoms. The van der Waals surface area contributed by atoms with Crippen LogP contribution in [-0.2, 0) is 10.2 Å². The predicted molar refractivity (Wildman–Crippen MR) is 64.5 cm³/mol. The molecular weight excluding hydrogens is 200 g/mol. The lowest BCUT2D eigenvalue weighted by atomic mass is 9.67. The van der Waals surface area contributed by atoms with Crippen molar-refractivity contribution < 1.29 is 9.84 Å². The Bertz CT molecular complexity index is 352. The molecule has 0 aliphatic carbocycles. The number of hydrogen-bond acceptors (Lipinski definition) is 2. The van der Waals surface area contributed by atoms with E-state index in [2.05, 4.69) is 38.1 Å². The van der Waals surface area contributed by atoms with Crippen molar-refractivity contribution in [3.63, 3.8) is 0 Å². The van der Waals surface area contributed by atoms with E-state index in [1.54, 1.807) is 0 Å². The summed E-state index contributed by atoms with van der Waals surface area (Å²) in [5.41, 5.74) is 2.70. The lowest BCUT2D eigenvalue weighted by molar-refractivity contribution is -0.101. The number of hydrogen-bond donors (Lipinski definition) is 1. The Hall–Kier alpha value is -0.860. The van der Waals surface area contributed by atoms with Crippen molar-refractivity contribution in [1.82, 2.24) is 0 Å². The first-order chi connectivity index (χ1) is 7.74. The predicted octanol–water partition coefficient (Wildman–Crippen LogP) is 2.28. The molecule has 1 N–H and O–H groups in total. The number of rotatable bonds is 4. The number of ether oxygens (including phenoxy) is 1. The van der Waals surface area contributed by atoms with E-state index in [0.29, 0.717) is 5.92 Å². The van der Waals surface area contributed by atoms with Crippen LogP contribution in [0.5, 0.6) is 0 Å². The number of aryl methyl sites for hydroxylation is 1. The zero-order valence-electron chi connectivity index (χ0n) is 10.1. The second-order valence-electron chi connectivity index (χ2n) is 4.75. The average molecular weight is 220 g/mol. The first kappa shape index (κ1) is 11.6. The molecule has 2 heteroatoms. The van der Waals surface area contributed by atoms with Gasteiger partial charge in [-0.15, -0.1) is 0 Å². The topological polar surface area (TPSA) is 29.5 Å². The first-order valence-corrected chi connectivity index (χ1v) is 5.99. The van der Waals surface area contributed by atoms with Crippen LogP contribution in [0.2, 0.25) is 0 Å².